The largest absolute Gasteiger partial charge is 0.370 e. The maximum absolute atomic E-state index is 6.07. The van der Waals surface area contributed by atoms with Crippen molar-refractivity contribution in [3.8, 4) is 0 Å². The van der Waals surface area contributed by atoms with Gasteiger partial charge in [-0.15, -0.1) is 0 Å². The van der Waals surface area contributed by atoms with Crippen LogP contribution in [0, 0.1) is 0 Å². The van der Waals surface area contributed by atoms with Gasteiger partial charge in [-0.3, -0.25) is 4.99 Å². The van der Waals surface area contributed by atoms with E-state index in [1.54, 1.807) is 0 Å². The van der Waals surface area contributed by atoms with Crippen molar-refractivity contribution >= 4 is 5.96 Å². The van der Waals surface area contributed by atoms with Crippen molar-refractivity contribution < 1.29 is 0 Å². The minimum Gasteiger partial charge on any atom is -0.370 e. The standard InChI is InChI=1S/C14H29N5/c1-17-7-5-8-18(13-12-17)11-6-16-14(15)19-9-3-2-4-10-19/h2-13H2,1H3,(H2,15,16). The van der Waals surface area contributed by atoms with Gasteiger partial charge in [-0.25, -0.2) is 0 Å². The minimum absolute atomic E-state index is 0.756. The van der Waals surface area contributed by atoms with Crippen LogP contribution in [0.5, 0.6) is 0 Å². The van der Waals surface area contributed by atoms with Crippen molar-refractivity contribution in [2.24, 2.45) is 10.7 Å². The first kappa shape index (κ1) is 14.6. The van der Waals surface area contributed by atoms with E-state index in [4.69, 9.17) is 5.73 Å². The Labute approximate surface area is 117 Å². The Morgan fingerprint density at radius 1 is 0.947 bits per heavy atom. The summed E-state index contributed by atoms with van der Waals surface area (Å²) in [6, 6.07) is 0. The molecule has 0 aromatic carbocycles. The van der Waals surface area contributed by atoms with Gasteiger partial charge in [0.2, 0.25) is 0 Å². The fraction of sp³-hybridized carbons (Fsp3) is 0.929. The zero-order chi connectivity index (χ0) is 13.5. The Morgan fingerprint density at radius 3 is 2.53 bits per heavy atom. The van der Waals surface area contributed by atoms with Crippen molar-refractivity contribution in [2.45, 2.75) is 25.7 Å². The minimum atomic E-state index is 0.756. The van der Waals surface area contributed by atoms with Crippen molar-refractivity contribution in [1.82, 2.24) is 14.7 Å². The first-order valence-electron chi connectivity index (χ1n) is 7.71. The molecule has 19 heavy (non-hydrogen) atoms. The number of likely N-dealkylation sites (N-methyl/N-ethyl adjacent to an activating group) is 1. The molecule has 0 aliphatic carbocycles. The van der Waals surface area contributed by atoms with Gasteiger partial charge in [-0.2, -0.15) is 0 Å². The van der Waals surface area contributed by atoms with Crippen LogP contribution in [0.25, 0.3) is 0 Å². The number of hydrogen-bond acceptors (Lipinski definition) is 3. The first-order valence-corrected chi connectivity index (χ1v) is 7.71. The fourth-order valence-electron chi connectivity index (χ4n) is 2.85. The lowest BCUT2D eigenvalue weighted by Gasteiger charge is -2.27. The molecule has 0 radical (unpaired) electrons. The van der Waals surface area contributed by atoms with Gasteiger partial charge in [-0.1, -0.05) is 0 Å². The monoisotopic (exact) mass is 267 g/mol. The number of likely N-dealkylation sites (tertiary alicyclic amines) is 1. The van der Waals surface area contributed by atoms with Gasteiger partial charge in [0.15, 0.2) is 5.96 Å². The summed E-state index contributed by atoms with van der Waals surface area (Å²) in [6.07, 6.45) is 5.12. The number of guanidine groups is 1. The van der Waals surface area contributed by atoms with Crippen LogP contribution in [0.3, 0.4) is 0 Å². The molecule has 2 rings (SSSR count). The predicted octanol–water partition coefficient (Wildman–Crippen LogP) is 0.425. The number of nitrogens with zero attached hydrogens (tertiary/aromatic N) is 4. The molecule has 0 spiro atoms. The summed E-state index contributed by atoms with van der Waals surface area (Å²) in [6.45, 7) is 8.81. The van der Waals surface area contributed by atoms with Gasteiger partial charge < -0.3 is 20.4 Å². The van der Waals surface area contributed by atoms with E-state index in [9.17, 15) is 0 Å². The van der Waals surface area contributed by atoms with Crippen LogP contribution < -0.4 is 5.73 Å². The summed E-state index contributed by atoms with van der Waals surface area (Å²) in [4.78, 5) is 11.7. The van der Waals surface area contributed by atoms with E-state index in [1.807, 2.05) is 0 Å². The Hall–Kier alpha value is -0.810. The van der Waals surface area contributed by atoms with Crippen LogP contribution in [0.2, 0.25) is 0 Å². The molecule has 0 aromatic rings. The number of rotatable bonds is 3. The molecule has 0 atom stereocenters. The molecule has 2 heterocycles. The molecule has 0 bridgehead atoms. The average Bonchev–Trinajstić information content (AvgIpc) is 2.65. The van der Waals surface area contributed by atoms with Gasteiger partial charge in [0.1, 0.15) is 0 Å². The van der Waals surface area contributed by atoms with E-state index in [1.165, 1.54) is 45.3 Å². The van der Waals surface area contributed by atoms with Crippen LogP contribution >= 0.6 is 0 Å². The van der Waals surface area contributed by atoms with Gasteiger partial charge in [0.05, 0.1) is 6.54 Å². The molecule has 0 amide bonds. The highest BCUT2D eigenvalue weighted by Gasteiger charge is 2.13. The zero-order valence-electron chi connectivity index (χ0n) is 12.4. The topological polar surface area (TPSA) is 48.1 Å². The van der Waals surface area contributed by atoms with Crippen molar-refractivity contribution in [3.63, 3.8) is 0 Å². The van der Waals surface area contributed by atoms with Gasteiger partial charge >= 0.3 is 0 Å². The van der Waals surface area contributed by atoms with Crippen LogP contribution in [0.4, 0.5) is 0 Å². The molecule has 2 saturated heterocycles. The summed E-state index contributed by atoms with van der Waals surface area (Å²) in [5, 5.41) is 0. The number of piperidine rings is 1. The van der Waals surface area contributed by atoms with E-state index in [2.05, 4.69) is 26.7 Å². The number of nitrogens with two attached hydrogens (primary N) is 1. The van der Waals surface area contributed by atoms with Crippen LogP contribution in [0.1, 0.15) is 25.7 Å². The second kappa shape index (κ2) is 7.70. The molecular formula is C14H29N5. The fourth-order valence-corrected chi connectivity index (χ4v) is 2.85. The molecule has 0 unspecified atom stereocenters. The van der Waals surface area contributed by atoms with Crippen molar-refractivity contribution in [3.05, 3.63) is 0 Å². The second-order valence-electron chi connectivity index (χ2n) is 5.79. The second-order valence-corrected chi connectivity index (χ2v) is 5.79. The average molecular weight is 267 g/mol. The molecule has 2 fully saturated rings. The lowest BCUT2D eigenvalue weighted by atomic mass is 10.1. The molecule has 5 nitrogen and oxygen atoms in total. The summed E-state index contributed by atoms with van der Waals surface area (Å²) >= 11 is 0. The lowest BCUT2D eigenvalue weighted by molar-refractivity contribution is 0.282. The SMILES string of the molecule is CN1CCCN(CCN=C(N)N2CCCCC2)CC1. The highest BCUT2D eigenvalue weighted by molar-refractivity contribution is 5.78. The molecule has 2 aliphatic rings. The molecule has 110 valence electrons. The van der Waals surface area contributed by atoms with Crippen LogP contribution in [-0.4, -0.2) is 80.1 Å². The smallest absolute Gasteiger partial charge is 0.191 e. The van der Waals surface area contributed by atoms with E-state index in [0.717, 1.165) is 38.7 Å². The third-order valence-corrected chi connectivity index (χ3v) is 4.18. The predicted molar refractivity (Wildman–Crippen MR) is 80.5 cm³/mol. The van der Waals surface area contributed by atoms with E-state index >= 15 is 0 Å². The van der Waals surface area contributed by atoms with Gasteiger partial charge in [-0.05, 0) is 45.8 Å². The van der Waals surface area contributed by atoms with E-state index in [-0.39, 0.29) is 0 Å². The van der Waals surface area contributed by atoms with Gasteiger partial charge in [0.25, 0.3) is 0 Å². The third kappa shape index (κ3) is 4.99. The summed E-state index contributed by atoms with van der Waals surface area (Å²) in [7, 11) is 2.20. The Balaban J connectivity index is 1.69. The highest BCUT2D eigenvalue weighted by Crippen LogP contribution is 2.08. The Morgan fingerprint density at radius 2 is 1.74 bits per heavy atom. The first-order chi connectivity index (χ1) is 9.25. The van der Waals surface area contributed by atoms with Crippen molar-refractivity contribution in [2.75, 3.05) is 59.4 Å². The summed E-state index contributed by atoms with van der Waals surface area (Å²) < 4.78 is 0. The van der Waals surface area contributed by atoms with E-state index in [0.29, 0.717) is 0 Å². The Kier molecular flexibility index (Phi) is 5.92. The summed E-state index contributed by atoms with van der Waals surface area (Å²) in [5.41, 5.74) is 6.07. The molecule has 2 N–H and O–H groups in total. The summed E-state index contributed by atoms with van der Waals surface area (Å²) in [5.74, 6) is 0.756. The molecule has 5 heteroatoms. The Bertz CT molecular complexity index is 286. The van der Waals surface area contributed by atoms with Crippen LogP contribution in [0.15, 0.2) is 4.99 Å². The zero-order valence-corrected chi connectivity index (χ0v) is 12.4. The normalized spacial score (nSPS) is 24.5. The van der Waals surface area contributed by atoms with Gasteiger partial charge in [0, 0.05) is 32.7 Å². The van der Waals surface area contributed by atoms with E-state index < -0.39 is 0 Å². The molecular weight excluding hydrogens is 238 g/mol. The lowest BCUT2D eigenvalue weighted by Crippen LogP contribution is -2.41. The maximum Gasteiger partial charge on any atom is 0.191 e. The molecule has 0 saturated carbocycles. The highest BCUT2D eigenvalue weighted by atomic mass is 15.3. The molecule has 2 aliphatic heterocycles. The maximum atomic E-state index is 6.07. The number of aliphatic imine (C=N–C) groups is 1. The van der Waals surface area contributed by atoms with Crippen molar-refractivity contribution in [1.29, 1.82) is 0 Å². The third-order valence-electron chi connectivity index (χ3n) is 4.18. The van der Waals surface area contributed by atoms with Crippen LogP contribution in [-0.2, 0) is 0 Å². The molecule has 0 aromatic heterocycles. The quantitative estimate of drug-likeness (QED) is 0.595. The number of hydrogen-bond donors (Lipinski definition) is 1.